The van der Waals surface area contributed by atoms with Crippen LogP contribution in [0, 0.1) is 5.92 Å². The fraction of sp³-hybridized carbons (Fsp3) is 0.587. The Morgan fingerprint density at radius 3 is 1.51 bits per heavy atom. The molecule has 524 valence electrons. The Labute approximate surface area is 558 Å². The van der Waals surface area contributed by atoms with Gasteiger partial charge in [0.15, 0.2) is 5.96 Å². The zero-order chi connectivity index (χ0) is 70.1. The van der Waals surface area contributed by atoms with E-state index < -0.39 is 169 Å². The molecule has 0 aromatic heterocycles. The Morgan fingerprint density at radius 2 is 1.01 bits per heavy atom. The Balaban J connectivity index is 1.56. The van der Waals surface area contributed by atoms with Crippen LogP contribution in [0.5, 0.6) is 0 Å². The molecule has 95 heavy (non-hydrogen) atoms. The first-order valence-electron chi connectivity index (χ1n) is 32.2. The largest absolute Gasteiger partial charge is 0.370 e. The second-order valence-corrected chi connectivity index (χ2v) is 25.1. The fourth-order valence-corrected chi connectivity index (χ4v) is 11.5. The minimum absolute atomic E-state index is 0.0736. The molecule has 22 N–H and O–H groups in total. The topological polar surface area (TPSA) is 519 Å². The van der Waals surface area contributed by atoms with Crippen LogP contribution in [0.3, 0.4) is 0 Å². The van der Waals surface area contributed by atoms with E-state index >= 15 is 0 Å². The summed E-state index contributed by atoms with van der Waals surface area (Å²) in [4.78, 5) is 185. The highest BCUT2D eigenvalue weighted by molar-refractivity contribution is 7.98. The van der Waals surface area contributed by atoms with Gasteiger partial charge in [0.05, 0.1) is 12.6 Å². The first-order chi connectivity index (χ1) is 45.2. The van der Waals surface area contributed by atoms with Crippen molar-refractivity contribution in [3.63, 3.8) is 0 Å². The summed E-state index contributed by atoms with van der Waals surface area (Å²) in [5.74, 6) is -9.80. The van der Waals surface area contributed by atoms with Crippen molar-refractivity contribution < 1.29 is 62.3 Å². The summed E-state index contributed by atoms with van der Waals surface area (Å²) in [7, 11) is 0. The number of benzene rings is 2. The number of rotatable bonds is 42. The van der Waals surface area contributed by atoms with Gasteiger partial charge >= 0.3 is 0 Å². The van der Waals surface area contributed by atoms with Gasteiger partial charge in [0.1, 0.15) is 54.4 Å². The number of aliphatic imine (C=N–C) groups is 1. The molecule has 0 saturated carbocycles. The van der Waals surface area contributed by atoms with Crippen molar-refractivity contribution in [3.8, 4) is 0 Å². The van der Waals surface area contributed by atoms with E-state index in [-0.39, 0.29) is 83.0 Å². The number of carbonyl (C=O) groups is 13. The molecule has 0 radical (unpaired) electrons. The molecule has 2 saturated heterocycles. The summed E-state index contributed by atoms with van der Waals surface area (Å²) in [5.41, 5.74) is 40.6. The van der Waals surface area contributed by atoms with Gasteiger partial charge in [-0.05, 0) is 119 Å². The summed E-state index contributed by atoms with van der Waals surface area (Å²) in [5, 5.41) is 21.1. The first kappa shape index (κ1) is 78.5. The van der Waals surface area contributed by atoms with E-state index in [9.17, 15) is 62.3 Å². The zero-order valence-electron chi connectivity index (χ0n) is 54.5. The molecule has 0 spiro atoms. The maximum Gasteiger partial charge on any atom is 0.245 e. The van der Waals surface area contributed by atoms with E-state index in [1.807, 2.05) is 20.1 Å². The third-order valence-corrected chi connectivity index (χ3v) is 16.7. The lowest BCUT2D eigenvalue weighted by atomic mass is 10.0. The highest BCUT2D eigenvalue weighted by Crippen LogP contribution is 2.24. The number of primary amides is 3. The summed E-state index contributed by atoms with van der Waals surface area (Å²) in [6, 6.07) is 4.51. The number of thioether (sulfide) groups is 1. The van der Waals surface area contributed by atoms with Gasteiger partial charge in [-0.15, -0.1) is 0 Å². The van der Waals surface area contributed by atoms with Crippen LogP contribution in [0.2, 0.25) is 0 Å². The van der Waals surface area contributed by atoms with Gasteiger partial charge in [0.2, 0.25) is 76.8 Å². The second kappa shape index (κ2) is 41.0. The quantitative estimate of drug-likeness (QED) is 0.0173. The molecule has 2 fully saturated rings. The monoisotopic (exact) mass is 1350 g/mol. The Bertz CT molecular complexity index is 2960. The molecule has 2 heterocycles. The molecule has 2 aromatic rings. The van der Waals surface area contributed by atoms with Crippen LogP contribution >= 0.6 is 11.8 Å². The first-order valence-corrected chi connectivity index (χ1v) is 33.6. The van der Waals surface area contributed by atoms with E-state index in [1.54, 1.807) is 60.7 Å². The van der Waals surface area contributed by atoms with E-state index in [0.29, 0.717) is 55.4 Å². The minimum atomic E-state index is -1.64. The third-order valence-electron chi connectivity index (χ3n) is 16.0. The van der Waals surface area contributed by atoms with Crippen molar-refractivity contribution in [2.24, 2.45) is 51.0 Å². The maximum absolute atomic E-state index is 14.7. The smallest absolute Gasteiger partial charge is 0.245 e. The van der Waals surface area contributed by atoms with Gasteiger partial charge in [0.25, 0.3) is 0 Å². The van der Waals surface area contributed by atoms with Crippen molar-refractivity contribution in [2.75, 3.05) is 44.7 Å². The molecule has 32 heteroatoms. The fourth-order valence-electron chi connectivity index (χ4n) is 11.0. The average Bonchev–Trinajstić information content (AvgIpc) is 1.74. The van der Waals surface area contributed by atoms with Crippen LogP contribution in [0.1, 0.15) is 121 Å². The molecule has 2 aromatic carbocycles. The average molecular weight is 1350 g/mol. The van der Waals surface area contributed by atoms with Crippen LogP contribution in [-0.2, 0) is 75.2 Å². The molecule has 4 rings (SSSR count). The predicted octanol–water partition coefficient (Wildman–Crippen LogP) is -3.71. The minimum Gasteiger partial charge on any atom is -0.370 e. The number of nitrogens with two attached hydrogens (primary N) is 7. The number of nitrogens with zero attached hydrogens (tertiary/aromatic N) is 3. The van der Waals surface area contributed by atoms with Crippen molar-refractivity contribution in [3.05, 3.63) is 71.8 Å². The number of unbranched alkanes of at least 4 members (excludes halogenated alkanes) is 1. The number of hydrogen-bond acceptors (Lipinski definition) is 17. The summed E-state index contributed by atoms with van der Waals surface area (Å²) >= 11 is 1.45. The van der Waals surface area contributed by atoms with Crippen LogP contribution in [0.15, 0.2) is 65.7 Å². The third kappa shape index (κ3) is 27.5. The molecule has 2 aliphatic heterocycles. The SMILES string of the molecule is CSCC[C@H](NC(=O)[C@@H](CC(C)C)NC(=O)CNC(=O)[C@@H](Cc1ccccc1)NC(=O)[C@@H](Cc1ccccc1)NC(=O)[C@H](CCC(N)=O)NC(=O)[C@@H](CCC(N)=O)NC(=O)[C@@H]1CCCN1C(=O)[C@H](CCCCN)NC(=O)[C@H]1CCCN1C(=O)[C@@H](N)CCCN=C(N)N)C(N)=O. The Hall–Kier alpha value is -8.91. The number of hydrogen-bond donors (Lipinski definition) is 15. The summed E-state index contributed by atoms with van der Waals surface area (Å²) < 4.78 is 0. The van der Waals surface area contributed by atoms with Gasteiger partial charge in [-0.25, -0.2) is 0 Å². The lowest BCUT2D eigenvalue weighted by molar-refractivity contribution is -0.144. The highest BCUT2D eigenvalue weighted by Gasteiger charge is 2.42. The van der Waals surface area contributed by atoms with Crippen molar-refractivity contribution in [2.45, 2.75) is 183 Å². The van der Waals surface area contributed by atoms with Crippen molar-refractivity contribution in [1.82, 2.24) is 52.3 Å². The number of amides is 13. The lowest BCUT2D eigenvalue weighted by Crippen LogP contribution is -2.60. The van der Waals surface area contributed by atoms with Gasteiger partial charge in [-0.1, -0.05) is 74.5 Å². The Morgan fingerprint density at radius 1 is 0.537 bits per heavy atom. The van der Waals surface area contributed by atoms with Gasteiger partial charge in [-0.2, -0.15) is 11.8 Å². The Kier molecular flexibility index (Phi) is 33.9. The standard InChI is InChI=1S/C63H98N18O13S/c1-37(2)33-45(57(89)74-41(53(68)85)27-32-95-3)73-52(84)36-72-54(86)46(34-38-15-6-4-7-16-38)78-58(90)47(35-39-17-8-5-9-18-39)79-56(88)42(23-25-50(66)82)75-55(87)43(24-26-51(67)83)76-59(91)49-22-14-31-81(49)62(94)44(20-10-11-28-64)77-60(92)48-21-13-30-80(48)61(93)40(65)19-12-29-71-63(69)70/h4-9,15-18,37,40-49H,10-14,19-36,64-65H2,1-3H3,(H2,66,82)(H2,67,83)(H2,68,85)(H,72,86)(H,73,84)(H,74,89)(H,75,87)(H,76,91)(H,77,92)(H,78,90)(H,79,88)(H4,69,70,71)/t40-,41-,42-,43+,44-,45+,46+,47+,48+,49-/m0/s1. The number of nitrogens with one attached hydrogen (secondary N) is 8. The van der Waals surface area contributed by atoms with E-state index in [4.69, 9.17) is 40.1 Å². The maximum atomic E-state index is 14.7. The van der Waals surface area contributed by atoms with Crippen molar-refractivity contribution in [1.29, 1.82) is 0 Å². The van der Waals surface area contributed by atoms with Crippen LogP contribution in [-0.4, -0.2) is 198 Å². The van der Waals surface area contributed by atoms with Crippen molar-refractivity contribution >= 4 is 94.5 Å². The van der Waals surface area contributed by atoms with Gasteiger partial charge < -0.3 is 92.5 Å². The van der Waals surface area contributed by atoms with Crippen LogP contribution in [0.25, 0.3) is 0 Å². The van der Waals surface area contributed by atoms with Gasteiger partial charge in [-0.3, -0.25) is 67.3 Å². The summed E-state index contributed by atoms with van der Waals surface area (Å²) in [6.07, 6.45) is 3.12. The molecular weight excluding hydrogens is 1250 g/mol. The predicted molar refractivity (Wildman–Crippen MR) is 356 cm³/mol. The van der Waals surface area contributed by atoms with E-state index in [2.05, 4.69) is 47.5 Å². The second-order valence-electron chi connectivity index (χ2n) is 24.1. The highest BCUT2D eigenvalue weighted by atomic mass is 32.2. The lowest BCUT2D eigenvalue weighted by Gasteiger charge is -2.32. The summed E-state index contributed by atoms with van der Waals surface area (Å²) in [6.45, 7) is 3.86. The van der Waals surface area contributed by atoms with E-state index in [1.165, 1.54) is 21.6 Å². The molecule has 0 aliphatic carbocycles. The van der Waals surface area contributed by atoms with Crippen LogP contribution in [0.4, 0.5) is 0 Å². The molecule has 2 aliphatic rings. The van der Waals surface area contributed by atoms with Gasteiger partial charge in [0, 0.05) is 45.3 Å². The number of carbonyl (C=O) groups excluding carboxylic acids is 13. The normalized spacial score (nSPS) is 16.8. The number of likely N-dealkylation sites (tertiary alicyclic amines) is 2. The van der Waals surface area contributed by atoms with E-state index in [0.717, 1.165) is 0 Å². The zero-order valence-corrected chi connectivity index (χ0v) is 55.3. The molecule has 13 amide bonds. The van der Waals surface area contributed by atoms with Crippen LogP contribution < -0.4 is 82.7 Å². The molecule has 0 bridgehead atoms. The molecule has 0 unspecified atom stereocenters. The number of guanidine groups is 1. The molecule has 10 atom stereocenters. The molecular formula is C63H98N18O13S. The molecule has 31 nitrogen and oxygen atoms in total.